The number of nitro groups is 1. The van der Waals surface area contributed by atoms with Crippen LogP contribution in [0.15, 0.2) is 30.3 Å². The number of hydrogen-bond donors (Lipinski definition) is 1. The van der Waals surface area contributed by atoms with Gasteiger partial charge in [-0.2, -0.15) is 0 Å². The predicted octanol–water partition coefficient (Wildman–Crippen LogP) is 3.11. The first kappa shape index (κ1) is 19.5. The highest BCUT2D eigenvalue weighted by molar-refractivity contribution is 5.98. The number of rotatable bonds is 7. The van der Waals surface area contributed by atoms with Crippen LogP contribution in [0.1, 0.15) is 29.1 Å². The average Bonchev–Trinajstić information content (AvgIpc) is 2.66. The number of halogens is 2. The highest BCUT2D eigenvalue weighted by Gasteiger charge is 2.30. The minimum atomic E-state index is -1.17. The summed E-state index contributed by atoms with van der Waals surface area (Å²) in [5.41, 5.74) is -0.0816. The van der Waals surface area contributed by atoms with Gasteiger partial charge in [0.15, 0.2) is 23.6 Å². The molecule has 0 spiro atoms. The summed E-state index contributed by atoms with van der Waals surface area (Å²) in [6, 6.07) is 5.46. The molecule has 0 saturated carbocycles. The van der Waals surface area contributed by atoms with Gasteiger partial charge >= 0.3 is 5.69 Å². The molecule has 1 unspecified atom stereocenters. The molecule has 2 aromatic rings. The number of nitrogens with one attached hydrogen (secondary N) is 1. The van der Waals surface area contributed by atoms with Crippen molar-refractivity contribution in [3.8, 4) is 11.5 Å². The molecule has 0 aromatic heterocycles. The van der Waals surface area contributed by atoms with Gasteiger partial charge in [-0.25, -0.2) is 8.78 Å². The zero-order valence-electron chi connectivity index (χ0n) is 14.7. The van der Waals surface area contributed by atoms with E-state index < -0.39 is 28.7 Å². The summed E-state index contributed by atoms with van der Waals surface area (Å²) in [6.45, 7) is 2.61. The Morgan fingerprint density at radius 3 is 2.68 bits per heavy atom. The fraction of sp³-hybridized carbons (Fsp3) is 0.278. The maximum Gasteiger partial charge on any atom is 0.310 e. The monoisotopic (exact) mass is 394 g/mol. The molecule has 1 aliphatic rings. The molecule has 8 nitrogen and oxygen atoms in total. The Kier molecular flexibility index (Phi) is 5.69. The van der Waals surface area contributed by atoms with Crippen molar-refractivity contribution in [3.63, 3.8) is 0 Å². The molecule has 1 amide bonds. The first-order valence-electron chi connectivity index (χ1n) is 8.36. The molecule has 3 rings (SSSR count). The van der Waals surface area contributed by atoms with Crippen molar-refractivity contribution in [2.24, 2.45) is 0 Å². The third-order valence-electron chi connectivity index (χ3n) is 3.95. The van der Waals surface area contributed by atoms with Gasteiger partial charge in [0.25, 0.3) is 5.91 Å². The predicted molar refractivity (Wildman–Crippen MR) is 92.3 cm³/mol. The quantitative estimate of drug-likeness (QED) is 0.440. The third-order valence-corrected chi connectivity index (χ3v) is 3.95. The van der Waals surface area contributed by atoms with Crippen LogP contribution < -0.4 is 14.8 Å². The van der Waals surface area contributed by atoms with Crippen LogP contribution in [-0.2, 0) is 4.74 Å². The molecule has 1 aliphatic heterocycles. The molecule has 148 valence electrons. The van der Waals surface area contributed by atoms with Crippen LogP contribution in [0.2, 0.25) is 0 Å². The number of amides is 1. The number of carbonyl (C=O) groups is 1. The van der Waals surface area contributed by atoms with Crippen molar-refractivity contribution in [2.45, 2.75) is 13.2 Å². The molecular weight excluding hydrogens is 378 g/mol. The Morgan fingerprint density at radius 2 is 1.96 bits per heavy atom. The molecule has 0 fully saturated rings. The molecule has 0 bridgehead atoms. The van der Waals surface area contributed by atoms with Crippen LogP contribution in [0.25, 0.3) is 0 Å². The minimum Gasteiger partial charge on any atom is -0.484 e. The number of nitro benzene ring substituents is 1. The SMILES string of the molecule is CCOCCOc1cc(C2NC(=O)c3cc(F)c(F)cc3O2)ccc1[N+](=O)[O-]. The molecule has 28 heavy (non-hydrogen) atoms. The van der Waals surface area contributed by atoms with Gasteiger partial charge in [-0.15, -0.1) is 0 Å². The summed E-state index contributed by atoms with van der Waals surface area (Å²) in [5, 5.41) is 13.7. The Labute approximate surface area is 158 Å². The molecule has 1 heterocycles. The highest BCUT2D eigenvalue weighted by Crippen LogP contribution is 2.34. The van der Waals surface area contributed by atoms with Gasteiger partial charge in [-0.05, 0) is 25.1 Å². The van der Waals surface area contributed by atoms with Crippen molar-refractivity contribution in [2.75, 3.05) is 19.8 Å². The number of fused-ring (bicyclic) bond motifs is 1. The molecule has 1 N–H and O–H groups in total. The molecule has 2 aromatic carbocycles. The van der Waals surface area contributed by atoms with Crippen LogP contribution in [0, 0.1) is 21.7 Å². The number of ether oxygens (including phenoxy) is 3. The van der Waals surface area contributed by atoms with Gasteiger partial charge in [0.05, 0.1) is 17.1 Å². The summed E-state index contributed by atoms with van der Waals surface area (Å²) in [5.74, 6) is -3.16. The van der Waals surface area contributed by atoms with E-state index in [1.807, 2.05) is 0 Å². The van der Waals surface area contributed by atoms with E-state index >= 15 is 0 Å². The molecule has 0 aliphatic carbocycles. The van der Waals surface area contributed by atoms with Crippen molar-refractivity contribution in [3.05, 3.63) is 63.2 Å². The van der Waals surface area contributed by atoms with Gasteiger partial charge in [-0.3, -0.25) is 14.9 Å². The Morgan fingerprint density at radius 1 is 1.21 bits per heavy atom. The number of hydrogen-bond acceptors (Lipinski definition) is 6. The van der Waals surface area contributed by atoms with Crippen molar-refractivity contribution < 1.29 is 32.7 Å². The first-order valence-corrected chi connectivity index (χ1v) is 8.36. The smallest absolute Gasteiger partial charge is 0.310 e. The first-order chi connectivity index (χ1) is 13.4. The van der Waals surface area contributed by atoms with E-state index in [2.05, 4.69) is 5.32 Å². The number of carbonyl (C=O) groups excluding carboxylic acids is 1. The fourth-order valence-electron chi connectivity index (χ4n) is 2.62. The summed E-state index contributed by atoms with van der Waals surface area (Å²) in [7, 11) is 0. The lowest BCUT2D eigenvalue weighted by atomic mass is 10.1. The molecular formula is C18H16F2N2O6. The van der Waals surface area contributed by atoms with Crippen LogP contribution in [0.3, 0.4) is 0 Å². The van der Waals surface area contributed by atoms with Crippen molar-refractivity contribution in [1.82, 2.24) is 5.32 Å². The van der Waals surface area contributed by atoms with E-state index in [1.165, 1.54) is 18.2 Å². The topological polar surface area (TPSA) is 99.9 Å². The molecule has 1 atom stereocenters. The van der Waals surface area contributed by atoms with E-state index in [-0.39, 0.29) is 36.0 Å². The van der Waals surface area contributed by atoms with Crippen LogP contribution in [-0.4, -0.2) is 30.7 Å². The van der Waals surface area contributed by atoms with Crippen molar-refractivity contribution >= 4 is 11.6 Å². The fourth-order valence-corrected chi connectivity index (χ4v) is 2.62. The van der Waals surface area contributed by atoms with Crippen molar-refractivity contribution in [1.29, 1.82) is 0 Å². The normalized spacial score (nSPS) is 15.4. The molecule has 0 radical (unpaired) electrons. The molecule has 10 heteroatoms. The second kappa shape index (κ2) is 8.17. The maximum absolute atomic E-state index is 13.5. The largest absolute Gasteiger partial charge is 0.484 e. The second-order valence-corrected chi connectivity index (χ2v) is 5.76. The van der Waals surface area contributed by atoms with Crippen LogP contribution >= 0.6 is 0 Å². The number of nitrogens with zero attached hydrogens (tertiary/aromatic N) is 1. The third kappa shape index (κ3) is 4.01. The van der Waals surface area contributed by atoms with E-state index in [9.17, 15) is 23.7 Å². The molecule has 0 saturated heterocycles. The Bertz CT molecular complexity index is 921. The second-order valence-electron chi connectivity index (χ2n) is 5.76. The minimum absolute atomic E-state index is 0.0314. The van der Waals surface area contributed by atoms with Gasteiger partial charge in [-0.1, -0.05) is 0 Å². The lowest BCUT2D eigenvalue weighted by Crippen LogP contribution is -2.37. The zero-order chi connectivity index (χ0) is 20.3. The summed E-state index contributed by atoms with van der Waals surface area (Å²) >= 11 is 0. The highest BCUT2D eigenvalue weighted by atomic mass is 19.2. The maximum atomic E-state index is 13.5. The average molecular weight is 394 g/mol. The lowest BCUT2D eigenvalue weighted by molar-refractivity contribution is -0.385. The van der Waals surface area contributed by atoms with E-state index in [0.717, 1.165) is 12.1 Å². The summed E-state index contributed by atoms with van der Waals surface area (Å²) in [4.78, 5) is 22.8. The Balaban J connectivity index is 1.87. The van der Waals surface area contributed by atoms with Crippen LogP contribution in [0.5, 0.6) is 11.5 Å². The van der Waals surface area contributed by atoms with Gasteiger partial charge in [0.2, 0.25) is 0 Å². The van der Waals surface area contributed by atoms with E-state index in [0.29, 0.717) is 12.2 Å². The van der Waals surface area contributed by atoms with E-state index in [1.54, 1.807) is 6.92 Å². The summed E-state index contributed by atoms with van der Waals surface area (Å²) in [6.07, 6.45) is -1.06. The number of benzene rings is 2. The summed E-state index contributed by atoms with van der Waals surface area (Å²) < 4.78 is 42.9. The van der Waals surface area contributed by atoms with Gasteiger partial charge in [0.1, 0.15) is 12.4 Å². The standard InChI is InChI=1S/C18H16F2N2O6/c1-2-26-5-6-27-16-7-10(3-4-14(16)22(24)25)18-21-17(23)11-8-12(19)13(20)9-15(11)28-18/h3-4,7-9,18H,2,5-6H2,1H3,(H,21,23). The Hall–Kier alpha value is -3.27. The van der Waals surface area contributed by atoms with Gasteiger partial charge < -0.3 is 19.5 Å². The lowest BCUT2D eigenvalue weighted by Gasteiger charge is -2.27. The van der Waals surface area contributed by atoms with Gasteiger partial charge in [0, 0.05) is 24.3 Å². The van der Waals surface area contributed by atoms with Crippen LogP contribution in [0.4, 0.5) is 14.5 Å². The zero-order valence-corrected chi connectivity index (χ0v) is 14.7. The van der Waals surface area contributed by atoms with E-state index in [4.69, 9.17) is 14.2 Å².